The highest BCUT2D eigenvalue weighted by molar-refractivity contribution is 5.96. The van der Waals surface area contributed by atoms with Crippen LogP contribution < -0.4 is 16.0 Å². The Morgan fingerprint density at radius 2 is 2.24 bits per heavy atom. The van der Waals surface area contributed by atoms with Gasteiger partial charge in [-0.3, -0.25) is 4.79 Å². The average molecular weight is 234 g/mol. The first-order valence-electron chi connectivity index (χ1n) is 5.95. The van der Waals surface area contributed by atoms with Crippen LogP contribution in [0.4, 0.5) is 11.5 Å². The minimum Gasteiger partial charge on any atom is -0.355 e. The van der Waals surface area contributed by atoms with E-state index in [1.807, 2.05) is 12.1 Å². The molecule has 1 fully saturated rings. The Labute approximate surface area is 101 Å². The number of hydrogen-bond donors (Lipinski definition) is 2. The van der Waals surface area contributed by atoms with Crippen molar-refractivity contribution in [2.45, 2.75) is 25.8 Å². The van der Waals surface area contributed by atoms with Crippen LogP contribution in [0.1, 0.15) is 19.8 Å². The maximum absolute atomic E-state index is 11.6. The van der Waals surface area contributed by atoms with Crippen LogP contribution in [0.2, 0.25) is 0 Å². The van der Waals surface area contributed by atoms with Crippen LogP contribution in [0.3, 0.4) is 0 Å². The van der Waals surface area contributed by atoms with Crippen LogP contribution >= 0.6 is 0 Å². The van der Waals surface area contributed by atoms with Crippen molar-refractivity contribution in [1.29, 1.82) is 0 Å². The fraction of sp³-hybridized carbons (Fsp3) is 0.500. The standard InChI is InChI=1S/C12H18N4O/c1-9(13)12(17)15-10-5-4-6-14-11(10)16-7-2-3-8-16/h4-6,9H,2-3,7-8,13H2,1H3,(H,15,17)/t9-/m1/s1. The third kappa shape index (κ3) is 2.74. The SMILES string of the molecule is C[C@@H](N)C(=O)Nc1cccnc1N1CCCC1. The fourth-order valence-electron chi connectivity index (χ4n) is 1.92. The predicted molar refractivity (Wildman–Crippen MR) is 68.0 cm³/mol. The number of anilines is 2. The Morgan fingerprint density at radius 3 is 2.88 bits per heavy atom. The molecule has 2 rings (SSSR count). The molecule has 1 amide bonds. The summed E-state index contributed by atoms with van der Waals surface area (Å²) in [6.45, 7) is 3.66. The maximum Gasteiger partial charge on any atom is 0.241 e. The zero-order chi connectivity index (χ0) is 12.3. The summed E-state index contributed by atoms with van der Waals surface area (Å²) in [5.41, 5.74) is 6.29. The molecule has 0 spiro atoms. The monoisotopic (exact) mass is 234 g/mol. The highest BCUT2D eigenvalue weighted by Gasteiger charge is 2.18. The number of amides is 1. The molecule has 5 nitrogen and oxygen atoms in total. The first kappa shape index (κ1) is 11.9. The highest BCUT2D eigenvalue weighted by atomic mass is 16.2. The van der Waals surface area contributed by atoms with Gasteiger partial charge in [0, 0.05) is 19.3 Å². The van der Waals surface area contributed by atoms with Crippen LogP contribution in [0.5, 0.6) is 0 Å². The zero-order valence-electron chi connectivity index (χ0n) is 10.0. The van der Waals surface area contributed by atoms with Gasteiger partial charge in [0.25, 0.3) is 0 Å². The van der Waals surface area contributed by atoms with E-state index in [0.717, 1.165) is 24.6 Å². The highest BCUT2D eigenvalue weighted by Crippen LogP contribution is 2.25. The van der Waals surface area contributed by atoms with E-state index >= 15 is 0 Å². The molecule has 1 aromatic rings. The van der Waals surface area contributed by atoms with Crippen molar-refractivity contribution >= 4 is 17.4 Å². The third-order valence-corrected chi connectivity index (χ3v) is 2.86. The number of carbonyl (C=O) groups excluding carboxylic acids is 1. The van der Waals surface area contributed by atoms with Gasteiger partial charge in [-0.25, -0.2) is 4.98 Å². The summed E-state index contributed by atoms with van der Waals surface area (Å²) in [6, 6.07) is 3.17. The summed E-state index contributed by atoms with van der Waals surface area (Å²) in [7, 11) is 0. The number of hydrogen-bond acceptors (Lipinski definition) is 4. The second-order valence-electron chi connectivity index (χ2n) is 4.35. The number of nitrogens with two attached hydrogens (primary N) is 1. The molecule has 17 heavy (non-hydrogen) atoms. The van der Waals surface area contributed by atoms with Crippen LogP contribution in [-0.2, 0) is 4.79 Å². The van der Waals surface area contributed by atoms with Crippen LogP contribution in [-0.4, -0.2) is 30.0 Å². The van der Waals surface area contributed by atoms with Gasteiger partial charge in [-0.15, -0.1) is 0 Å². The van der Waals surface area contributed by atoms with E-state index in [2.05, 4.69) is 15.2 Å². The largest absolute Gasteiger partial charge is 0.355 e. The lowest BCUT2D eigenvalue weighted by atomic mass is 10.3. The van der Waals surface area contributed by atoms with E-state index in [0.29, 0.717) is 0 Å². The summed E-state index contributed by atoms with van der Waals surface area (Å²) >= 11 is 0. The van der Waals surface area contributed by atoms with Gasteiger partial charge < -0.3 is 16.0 Å². The van der Waals surface area contributed by atoms with E-state index in [4.69, 9.17) is 5.73 Å². The van der Waals surface area contributed by atoms with Crippen LogP contribution in [0.15, 0.2) is 18.3 Å². The first-order valence-corrected chi connectivity index (χ1v) is 5.95. The molecule has 1 aliphatic heterocycles. The number of pyridine rings is 1. The van der Waals surface area contributed by atoms with Gasteiger partial charge in [-0.2, -0.15) is 0 Å². The Balaban J connectivity index is 2.18. The lowest BCUT2D eigenvalue weighted by Crippen LogP contribution is -2.33. The Hall–Kier alpha value is -1.62. The number of rotatable bonds is 3. The number of nitrogens with zero attached hydrogens (tertiary/aromatic N) is 2. The van der Waals surface area contributed by atoms with E-state index < -0.39 is 6.04 Å². The van der Waals surface area contributed by atoms with Gasteiger partial charge in [-0.05, 0) is 31.9 Å². The van der Waals surface area contributed by atoms with E-state index in [1.165, 1.54) is 12.8 Å². The molecule has 0 radical (unpaired) electrons. The van der Waals surface area contributed by atoms with Crippen molar-refractivity contribution in [2.75, 3.05) is 23.3 Å². The minimum atomic E-state index is -0.512. The molecular formula is C12H18N4O. The summed E-state index contributed by atoms with van der Waals surface area (Å²) in [4.78, 5) is 18.1. The molecule has 0 unspecified atom stereocenters. The lowest BCUT2D eigenvalue weighted by molar-refractivity contribution is -0.117. The van der Waals surface area contributed by atoms with Crippen molar-refractivity contribution in [2.24, 2.45) is 5.73 Å². The Morgan fingerprint density at radius 1 is 1.53 bits per heavy atom. The van der Waals surface area contributed by atoms with Gasteiger partial charge in [0.05, 0.1) is 11.7 Å². The smallest absolute Gasteiger partial charge is 0.241 e. The number of aromatic nitrogens is 1. The number of nitrogens with one attached hydrogen (secondary N) is 1. The van der Waals surface area contributed by atoms with Gasteiger partial charge in [0.15, 0.2) is 5.82 Å². The quantitative estimate of drug-likeness (QED) is 0.817. The fourth-order valence-corrected chi connectivity index (χ4v) is 1.92. The molecule has 0 bridgehead atoms. The van der Waals surface area contributed by atoms with Gasteiger partial charge >= 0.3 is 0 Å². The molecule has 1 saturated heterocycles. The molecular weight excluding hydrogens is 216 g/mol. The Bertz CT molecular complexity index is 399. The molecule has 1 aliphatic rings. The Kier molecular flexibility index (Phi) is 3.58. The van der Waals surface area contributed by atoms with E-state index in [1.54, 1.807) is 13.1 Å². The van der Waals surface area contributed by atoms with E-state index in [9.17, 15) is 4.79 Å². The lowest BCUT2D eigenvalue weighted by Gasteiger charge is -2.20. The second-order valence-corrected chi connectivity index (χ2v) is 4.35. The van der Waals surface area contributed by atoms with Gasteiger partial charge in [0.2, 0.25) is 5.91 Å². The van der Waals surface area contributed by atoms with Crippen molar-refractivity contribution in [3.63, 3.8) is 0 Å². The molecule has 2 heterocycles. The normalized spacial score (nSPS) is 16.9. The van der Waals surface area contributed by atoms with Crippen LogP contribution in [0, 0.1) is 0 Å². The average Bonchev–Trinajstić information content (AvgIpc) is 2.83. The van der Waals surface area contributed by atoms with Crippen molar-refractivity contribution < 1.29 is 4.79 Å². The van der Waals surface area contributed by atoms with Crippen molar-refractivity contribution in [3.8, 4) is 0 Å². The summed E-state index contributed by atoms with van der Waals surface area (Å²) < 4.78 is 0. The molecule has 92 valence electrons. The summed E-state index contributed by atoms with van der Waals surface area (Å²) in [6.07, 6.45) is 4.10. The van der Waals surface area contributed by atoms with Crippen molar-refractivity contribution in [1.82, 2.24) is 4.98 Å². The molecule has 0 aliphatic carbocycles. The molecule has 5 heteroatoms. The summed E-state index contributed by atoms with van der Waals surface area (Å²) in [5.74, 6) is 0.664. The second kappa shape index (κ2) is 5.14. The molecule has 1 aromatic heterocycles. The number of carbonyl (C=O) groups is 1. The third-order valence-electron chi connectivity index (χ3n) is 2.86. The topological polar surface area (TPSA) is 71.2 Å². The van der Waals surface area contributed by atoms with Gasteiger partial charge in [-0.1, -0.05) is 0 Å². The van der Waals surface area contributed by atoms with Gasteiger partial charge in [0.1, 0.15) is 0 Å². The van der Waals surface area contributed by atoms with Crippen LogP contribution in [0.25, 0.3) is 0 Å². The van der Waals surface area contributed by atoms with E-state index in [-0.39, 0.29) is 5.91 Å². The first-order chi connectivity index (χ1) is 8.18. The molecule has 0 saturated carbocycles. The molecule has 1 atom stereocenters. The minimum absolute atomic E-state index is 0.182. The molecule has 0 aromatic carbocycles. The zero-order valence-corrected chi connectivity index (χ0v) is 10.0. The summed E-state index contributed by atoms with van der Waals surface area (Å²) in [5, 5.41) is 2.82. The van der Waals surface area contributed by atoms with Crippen molar-refractivity contribution in [3.05, 3.63) is 18.3 Å². The predicted octanol–water partition coefficient (Wildman–Crippen LogP) is 0.967. The maximum atomic E-state index is 11.6. The molecule has 3 N–H and O–H groups in total.